The molecule has 0 spiro atoms. The largest absolute Gasteiger partial charge is 0.399 e. The Labute approximate surface area is 285 Å². The van der Waals surface area contributed by atoms with Gasteiger partial charge in [0, 0.05) is 28.9 Å². The summed E-state index contributed by atoms with van der Waals surface area (Å²) in [6.45, 7) is 2.35. The van der Waals surface area contributed by atoms with E-state index in [0.717, 1.165) is 36.3 Å². The molecule has 3 saturated heterocycles. The van der Waals surface area contributed by atoms with Crippen LogP contribution in [-0.4, -0.2) is 79.4 Å². The van der Waals surface area contributed by atoms with Crippen molar-refractivity contribution in [2.45, 2.75) is 87.6 Å². The molecule has 49 heavy (non-hydrogen) atoms. The van der Waals surface area contributed by atoms with Gasteiger partial charge in [0.1, 0.15) is 17.6 Å². The van der Waals surface area contributed by atoms with Gasteiger partial charge in [0.05, 0.1) is 23.7 Å². The summed E-state index contributed by atoms with van der Waals surface area (Å²) in [4.78, 5) is 80.3. The number of thiophene rings is 1. The van der Waals surface area contributed by atoms with Gasteiger partial charge in [0.2, 0.25) is 17.7 Å². The van der Waals surface area contributed by atoms with Crippen LogP contribution in [0.3, 0.4) is 0 Å². The van der Waals surface area contributed by atoms with Gasteiger partial charge in [-0.05, 0) is 67.8 Å². The van der Waals surface area contributed by atoms with E-state index in [9.17, 15) is 32.5 Å². The molecule has 3 atom stereocenters. The fourth-order valence-electron chi connectivity index (χ4n) is 7.13. The number of carbonyl (C=O) groups excluding carboxylic acids is 4. The lowest BCUT2D eigenvalue weighted by Gasteiger charge is -2.51. The van der Waals surface area contributed by atoms with Crippen LogP contribution in [0.4, 0.5) is 8.78 Å². The van der Waals surface area contributed by atoms with Crippen LogP contribution in [-0.2, 0) is 30.2 Å². The number of nitrogens with zero attached hydrogens (tertiary/aromatic N) is 3. The maximum atomic E-state index is 14.3. The predicted octanol–water partition coefficient (Wildman–Crippen LogP) is 4.21. The van der Waals surface area contributed by atoms with Crippen molar-refractivity contribution in [2.75, 3.05) is 13.1 Å². The molecule has 0 aliphatic carbocycles. The maximum absolute atomic E-state index is 14.3. The highest BCUT2D eigenvalue weighted by Gasteiger charge is 2.53. The lowest BCUT2D eigenvalue weighted by atomic mass is 9.84. The molecule has 262 valence electrons. The summed E-state index contributed by atoms with van der Waals surface area (Å²) in [5, 5.41) is 6.10. The minimum Gasteiger partial charge on any atom is -0.342 e. The zero-order valence-corrected chi connectivity index (χ0v) is 28.5. The molecule has 2 aromatic heterocycles. The number of likely N-dealkylation sites (tertiary alicyclic amines) is 1. The van der Waals surface area contributed by atoms with Gasteiger partial charge in [-0.3, -0.25) is 28.7 Å². The first-order chi connectivity index (χ1) is 23.2. The van der Waals surface area contributed by atoms with E-state index in [1.165, 1.54) is 12.1 Å². The van der Waals surface area contributed by atoms with Gasteiger partial charge in [-0.1, -0.05) is 31.9 Å². The Hall–Kier alpha value is -3.78. The molecule has 0 saturated carbocycles. The smallest absolute Gasteiger partial charge is 0.342 e. The highest BCUT2D eigenvalue weighted by molar-refractivity contribution is 7.52. The van der Waals surface area contributed by atoms with Crippen molar-refractivity contribution in [1.29, 1.82) is 0 Å². The van der Waals surface area contributed by atoms with Gasteiger partial charge >= 0.3 is 13.3 Å². The average Bonchev–Trinajstić information content (AvgIpc) is 3.66. The Balaban J connectivity index is 1.17. The Bertz CT molecular complexity index is 1810. The Morgan fingerprint density at radius 3 is 2.53 bits per heavy atom. The van der Waals surface area contributed by atoms with Gasteiger partial charge in [0.15, 0.2) is 0 Å². The van der Waals surface area contributed by atoms with Crippen molar-refractivity contribution in [1.82, 2.24) is 25.4 Å². The first-order valence-electron chi connectivity index (χ1n) is 16.4. The predicted molar refractivity (Wildman–Crippen MR) is 177 cm³/mol. The molecule has 3 aliphatic rings. The van der Waals surface area contributed by atoms with Gasteiger partial charge in [-0.2, -0.15) is 8.78 Å². The Morgan fingerprint density at radius 2 is 1.84 bits per heavy atom. The lowest BCUT2D eigenvalue weighted by molar-refractivity contribution is -0.153. The molecule has 16 heteroatoms. The number of hydrogen-bond acceptors (Lipinski definition) is 7. The van der Waals surface area contributed by atoms with E-state index < -0.39 is 42.4 Å². The van der Waals surface area contributed by atoms with Crippen LogP contribution in [0.5, 0.6) is 0 Å². The lowest BCUT2D eigenvalue weighted by Crippen LogP contribution is -2.71. The van der Waals surface area contributed by atoms with Crippen molar-refractivity contribution < 1.29 is 42.3 Å². The quantitative estimate of drug-likeness (QED) is 0.239. The van der Waals surface area contributed by atoms with E-state index in [-0.39, 0.29) is 47.1 Å². The van der Waals surface area contributed by atoms with Gasteiger partial charge < -0.3 is 30.2 Å². The van der Waals surface area contributed by atoms with Crippen molar-refractivity contribution >= 4 is 52.6 Å². The summed E-state index contributed by atoms with van der Waals surface area (Å²) >= 11 is 1.00. The number of rotatable bonds is 9. The third kappa shape index (κ3) is 6.73. The second-order valence-corrected chi connectivity index (χ2v) is 15.8. The molecule has 0 radical (unpaired) electrons. The highest BCUT2D eigenvalue weighted by Crippen LogP contribution is 2.59. The number of aromatic nitrogens is 1. The van der Waals surface area contributed by atoms with E-state index in [4.69, 9.17) is 9.79 Å². The Kier molecular flexibility index (Phi) is 9.66. The van der Waals surface area contributed by atoms with Gasteiger partial charge in [-0.25, -0.2) is 0 Å². The Morgan fingerprint density at radius 1 is 1.08 bits per heavy atom. The van der Waals surface area contributed by atoms with Crippen LogP contribution in [0.25, 0.3) is 10.1 Å². The van der Waals surface area contributed by atoms with E-state index in [1.54, 1.807) is 22.1 Å². The number of carbonyl (C=O) groups is 4. The van der Waals surface area contributed by atoms with Crippen molar-refractivity contribution in [2.24, 2.45) is 0 Å². The summed E-state index contributed by atoms with van der Waals surface area (Å²) in [6.07, 6.45) is 6.36. The van der Waals surface area contributed by atoms with Crippen LogP contribution in [0.1, 0.15) is 79.2 Å². The zero-order valence-electron chi connectivity index (χ0n) is 26.8. The molecule has 1 unspecified atom stereocenters. The second-order valence-electron chi connectivity index (χ2n) is 13.0. The number of fused-ring (bicyclic) bond motifs is 2. The molecule has 6 rings (SSSR count). The van der Waals surface area contributed by atoms with Crippen molar-refractivity contribution in [3.63, 3.8) is 0 Å². The number of amides is 4. The molecule has 3 fully saturated rings. The number of alkyl halides is 2. The molecule has 5 heterocycles. The van der Waals surface area contributed by atoms with Crippen molar-refractivity contribution in [3.8, 4) is 0 Å². The second kappa shape index (κ2) is 13.5. The minimum absolute atomic E-state index is 0.128. The van der Waals surface area contributed by atoms with Crippen LogP contribution in [0, 0.1) is 0 Å². The maximum Gasteiger partial charge on any atom is 0.399 e. The van der Waals surface area contributed by atoms with E-state index in [1.807, 2.05) is 19.1 Å². The molecule has 1 aromatic carbocycles. The highest BCUT2D eigenvalue weighted by atomic mass is 32.1. The fourth-order valence-corrected chi connectivity index (χ4v) is 8.55. The number of pyridine rings is 1. The summed E-state index contributed by atoms with van der Waals surface area (Å²) in [5.74, 6) is -1.29. The first-order valence-corrected chi connectivity index (χ1v) is 18.8. The third-order valence-corrected chi connectivity index (χ3v) is 11.7. The molecule has 4 N–H and O–H groups in total. The van der Waals surface area contributed by atoms with E-state index >= 15 is 0 Å². The summed E-state index contributed by atoms with van der Waals surface area (Å²) in [7, 11) is -5.77. The monoisotopic (exact) mass is 717 g/mol. The molecule has 12 nitrogen and oxygen atoms in total. The third-order valence-electron chi connectivity index (χ3n) is 9.62. The SMILES string of the molecule is CCCC(=O)NC1(c2ccccn2)CN(C(=O)[C@@H]2CC[C@@H]3CCCCC(NC(=O)c4cc5cc(C(F)(F)P(=O)(O)O)ccc5s4)C(=O)N32)C1. The number of hydrogen-bond donors (Lipinski definition) is 4. The van der Waals surface area contributed by atoms with Crippen LogP contribution in [0.15, 0.2) is 48.7 Å². The average molecular weight is 718 g/mol. The van der Waals surface area contributed by atoms with E-state index in [2.05, 4.69) is 15.6 Å². The topological polar surface area (TPSA) is 169 Å². The summed E-state index contributed by atoms with van der Waals surface area (Å²) in [5.41, 5.74) is -5.43. The summed E-state index contributed by atoms with van der Waals surface area (Å²) in [6, 6.07) is 8.12. The normalized spacial score (nSPS) is 22.6. The molecular formula is C33H38F2N5O7PS. The van der Waals surface area contributed by atoms with Crippen molar-refractivity contribution in [3.05, 3.63) is 64.8 Å². The number of benzene rings is 1. The van der Waals surface area contributed by atoms with Gasteiger partial charge in [0.25, 0.3) is 5.91 Å². The standard InChI is InChI=1S/C33H38F2N5O7PS/c1-2-7-28(41)38-32(27-10-5-6-15-36-27)18-39(19-32)31(44)24-13-12-22-8-3-4-9-23(30(43)40(22)24)37-29(42)26-17-20-16-21(11-14-25(20)49-26)33(34,35)48(45,46)47/h5-6,10-11,14-17,22-24H,2-4,7-9,12-13,18-19H2,1H3,(H,37,42)(H,38,41)(H2,45,46,47)/t22-,23?,24-/m0/s1. The fraction of sp³-hybridized carbons (Fsp3) is 0.485. The van der Waals surface area contributed by atoms with Gasteiger partial charge in [-0.15, -0.1) is 11.3 Å². The van der Waals surface area contributed by atoms with Crippen LogP contribution >= 0.6 is 18.9 Å². The molecular weight excluding hydrogens is 679 g/mol. The molecule has 4 amide bonds. The number of nitrogens with one attached hydrogen (secondary N) is 2. The summed E-state index contributed by atoms with van der Waals surface area (Å²) < 4.78 is 40.4. The zero-order chi connectivity index (χ0) is 35.1. The van der Waals surface area contributed by atoms with Crippen LogP contribution in [0.2, 0.25) is 0 Å². The van der Waals surface area contributed by atoms with E-state index in [0.29, 0.717) is 48.9 Å². The molecule has 3 aliphatic heterocycles. The molecule has 3 aromatic rings. The van der Waals surface area contributed by atoms with Crippen LogP contribution < -0.4 is 10.6 Å². The minimum atomic E-state index is -5.77. The number of halogens is 2. The first kappa shape index (κ1) is 35.1. The molecule has 0 bridgehead atoms.